The number of carbonyl (C=O) groups excluding carboxylic acids is 4. The Morgan fingerprint density at radius 1 is 0.519 bits per heavy atom. The second kappa shape index (κ2) is 18.5. The minimum absolute atomic E-state index is 0.183. The van der Waals surface area contributed by atoms with E-state index in [1.165, 1.54) is 34.9 Å². The van der Waals surface area contributed by atoms with Crippen LogP contribution in [-0.4, -0.2) is 117 Å². The summed E-state index contributed by atoms with van der Waals surface area (Å²) < 4.78 is 0.896. The summed E-state index contributed by atoms with van der Waals surface area (Å²) in [6.07, 6.45) is 5.56. The first-order chi connectivity index (χ1) is 25.3. The maximum atomic E-state index is 13.4. The molecule has 4 aliphatic rings. The Morgan fingerprint density at radius 3 is 1.25 bits per heavy atom. The SMILES string of the molecule is O=C(CCCCCN1C(=O)/C(=C2\SC(=S)N(CCCCCC(=O)N3CCN(c4ccccc4)CC3)C2=O)SC1=S)N1CCN(c2ccccc2)CC1. The van der Waals surface area contributed by atoms with E-state index in [0.29, 0.717) is 44.4 Å². The average Bonchev–Trinajstić information content (AvgIpc) is 3.62. The van der Waals surface area contributed by atoms with Gasteiger partial charge in [-0.1, -0.05) is 97.2 Å². The molecule has 0 radical (unpaired) electrons. The van der Waals surface area contributed by atoms with Gasteiger partial charge >= 0.3 is 0 Å². The van der Waals surface area contributed by atoms with Gasteiger partial charge < -0.3 is 19.6 Å². The van der Waals surface area contributed by atoms with Crippen LogP contribution in [0.5, 0.6) is 0 Å². The molecule has 0 saturated carbocycles. The summed E-state index contributed by atoms with van der Waals surface area (Å²) in [5, 5.41) is 0. The van der Waals surface area contributed by atoms with E-state index in [4.69, 9.17) is 24.4 Å². The maximum Gasteiger partial charge on any atom is 0.267 e. The van der Waals surface area contributed by atoms with Gasteiger partial charge in [0.1, 0.15) is 8.64 Å². The van der Waals surface area contributed by atoms with Crippen LogP contribution in [-0.2, 0) is 19.2 Å². The lowest BCUT2D eigenvalue weighted by molar-refractivity contribution is -0.132. The Bertz CT molecular complexity index is 1540. The number of benzene rings is 2. The van der Waals surface area contributed by atoms with Crippen molar-refractivity contribution in [3.05, 3.63) is 70.5 Å². The summed E-state index contributed by atoms with van der Waals surface area (Å²) in [4.78, 5) is 64.8. The zero-order chi connectivity index (χ0) is 36.5. The van der Waals surface area contributed by atoms with Gasteiger partial charge in [0.25, 0.3) is 11.8 Å². The van der Waals surface area contributed by atoms with Gasteiger partial charge in [0.2, 0.25) is 11.8 Å². The first-order valence-electron chi connectivity index (χ1n) is 18.3. The van der Waals surface area contributed by atoms with Crippen LogP contribution in [0.4, 0.5) is 11.4 Å². The van der Waals surface area contributed by atoms with Gasteiger partial charge in [-0.2, -0.15) is 0 Å². The predicted molar refractivity (Wildman–Crippen MR) is 218 cm³/mol. The molecular weight excluding hydrogens is 733 g/mol. The van der Waals surface area contributed by atoms with Crippen LogP contribution in [0.3, 0.4) is 0 Å². The minimum Gasteiger partial charge on any atom is -0.368 e. The van der Waals surface area contributed by atoms with E-state index < -0.39 is 0 Å². The number of thiocarbonyl (C=S) groups is 2. The first kappa shape index (κ1) is 38.3. The van der Waals surface area contributed by atoms with E-state index in [1.54, 1.807) is 9.80 Å². The molecule has 0 bridgehead atoms. The van der Waals surface area contributed by atoms with Crippen molar-refractivity contribution in [2.75, 3.05) is 75.2 Å². The van der Waals surface area contributed by atoms with Crippen molar-refractivity contribution < 1.29 is 19.2 Å². The summed E-state index contributed by atoms with van der Waals surface area (Å²) in [7, 11) is 0. The predicted octanol–water partition coefficient (Wildman–Crippen LogP) is 5.74. The molecule has 2 aromatic carbocycles. The van der Waals surface area contributed by atoms with Crippen molar-refractivity contribution in [2.45, 2.75) is 51.4 Å². The van der Waals surface area contributed by atoms with Crippen LogP contribution in [0.2, 0.25) is 0 Å². The largest absolute Gasteiger partial charge is 0.368 e. The van der Waals surface area contributed by atoms with Crippen LogP contribution in [0.1, 0.15) is 51.4 Å². The topological polar surface area (TPSA) is 87.7 Å². The van der Waals surface area contributed by atoms with Gasteiger partial charge in [-0.15, -0.1) is 0 Å². The monoisotopic (exact) mass is 778 g/mol. The average molecular weight is 779 g/mol. The normalized spacial score (nSPS) is 19.8. The van der Waals surface area contributed by atoms with E-state index in [2.05, 4.69) is 34.1 Å². The highest BCUT2D eigenvalue weighted by Gasteiger charge is 2.41. The van der Waals surface area contributed by atoms with Crippen molar-refractivity contribution in [1.82, 2.24) is 19.6 Å². The molecule has 4 amide bonds. The van der Waals surface area contributed by atoms with Crippen molar-refractivity contribution >= 4 is 91.6 Å². The minimum atomic E-state index is -0.244. The lowest BCUT2D eigenvalue weighted by atomic mass is 10.1. The fourth-order valence-electron chi connectivity index (χ4n) is 6.92. The van der Waals surface area contributed by atoms with Crippen molar-refractivity contribution in [2.24, 2.45) is 0 Å². The number of para-hydroxylation sites is 2. The number of nitrogens with zero attached hydrogens (tertiary/aromatic N) is 6. The summed E-state index contributed by atoms with van der Waals surface area (Å²) in [6, 6.07) is 20.6. The molecule has 0 spiro atoms. The molecule has 0 N–H and O–H groups in total. The number of hydrogen-bond donors (Lipinski definition) is 0. The van der Waals surface area contributed by atoms with Gasteiger partial charge in [0.15, 0.2) is 0 Å². The second-order valence-corrected chi connectivity index (χ2v) is 16.6. The molecular formula is C38H46N6O4S4. The third kappa shape index (κ3) is 9.55. The molecule has 14 heteroatoms. The first-order valence-corrected chi connectivity index (χ1v) is 20.7. The third-order valence-corrected chi connectivity index (χ3v) is 13.0. The molecule has 52 heavy (non-hydrogen) atoms. The molecule has 0 aliphatic carbocycles. The summed E-state index contributed by atoms with van der Waals surface area (Å²) in [6.45, 7) is 7.16. The van der Waals surface area contributed by atoms with E-state index in [9.17, 15) is 19.2 Å². The van der Waals surface area contributed by atoms with Crippen LogP contribution in [0.25, 0.3) is 0 Å². The van der Waals surface area contributed by atoms with Gasteiger partial charge in [-0.3, -0.25) is 29.0 Å². The van der Waals surface area contributed by atoms with Crippen molar-refractivity contribution in [3.8, 4) is 0 Å². The number of piperazine rings is 2. The zero-order valence-electron chi connectivity index (χ0n) is 29.5. The van der Waals surface area contributed by atoms with E-state index in [0.717, 1.165) is 90.9 Å². The number of carbonyl (C=O) groups is 4. The highest BCUT2D eigenvalue weighted by Crippen LogP contribution is 2.42. The molecule has 0 unspecified atom stereocenters. The molecule has 0 aromatic heterocycles. The van der Waals surface area contributed by atoms with Crippen LogP contribution in [0.15, 0.2) is 70.5 Å². The number of thioether (sulfide) groups is 2. The lowest BCUT2D eigenvalue weighted by Crippen LogP contribution is -2.48. The molecule has 4 saturated heterocycles. The molecule has 276 valence electrons. The molecule has 10 nitrogen and oxygen atoms in total. The summed E-state index contributed by atoms with van der Waals surface area (Å²) in [5.41, 5.74) is 2.39. The Morgan fingerprint density at radius 2 is 0.885 bits per heavy atom. The molecule has 4 fully saturated rings. The van der Waals surface area contributed by atoms with Crippen LogP contribution >= 0.6 is 48.0 Å². The van der Waals surface area contributed by atoms with E-state index in [-0.39, 0.29) is 23.6 Å². The highest BCUT2D eigenvalue weighted by atomic mass is 32.2. The number of hydrogen-bond acceptors (Lipinski definition) is 10. The Kier molecular flexibility index (Phi) is 13.6. The Hall–Kier alpha value is -3.46. The quantitative estimate of drug-likeness (QED) is 0.135. The highest BCUT2D eigenvalue weighted by molar-refractivity contribution is 8.29. The Balaban J connectivity index is 0.864. The second-order valence-electron chi connectivity index (χ2n) is 13.3. The number of unbranched alkanes of at least 4 members (excludes halogenated alkanes) is 4. The molecule has 6 rings (SSSR count). The van der Waals surface area contributed by atoms with Gasteiger partial charge in [-0.05, 0) is 49.9 Å². The number of anilines is 2. The van der Waals surface area contributed by atoms with Crippen molar-refractivity contribution in [1.29, 1.82) is 0 Å². The maximum absolute atomic E-state index is 13.4. The fourth-order valence-corrected chi connectivity index (χ4v) is 9.69. The van der Waals surface area contributed by atoms with Crippen LogP contribution in [0, 0.1) is 0 Å². The third-order valence-electron chi connectivity index (χ3n) is 9.96. The van der Waals surface area contributed by atoms with Crippen molar-refractivity contribution in [3.63, 3.8) is 0 Å². The Labute approximate surface area is 325 Å². The van der Waals surface area contributed by atoms with Gasteiger partial charge in [0.05, 0.1) is 9.81 Å². The summed E-state index contributed by atoms with van der Waals surface area (Å²) in [5.74, 6) is -0.124. The molecule has 2 aromatic rings. The molecule has 0 atom stereocenters. The van der Waals surface area contributed by atoms with Gasteiger partial charge in [-0.25, -0.2) is 0 Å². The summed E-state index contributed by atoms with van der Waals surface area (Å²) >= 11 is 13.4. The lowest BCUT2D eigenvalue weighted by Gasteiger charge is -2.36. The number of rotatable bonds is 14. The standard InChI is InChI=1S/C38H46N6O4S4/c45-31(41-25-21-39(22-26-41)29-13-5-1-6-14-29)17-9-3-11-19-43-35(47)33(51-37(43)49)34-36(48)44(38(50)52-34)20-12-4-10-18-32(46)42-27-23-40(24-28-42)30-15-7-2-8-16-30/h1-2,5-8,13-16H,3-4,9-12,17-28H2/b34-33+. The van der Waals surface area contributed by atoms with E-state index >= 15 is 0 Å². The van der Waals surface area contributed by atoms with Crippen LogP contribution < -0.4 is 9.80 Å². The van der Waals surface area contributed by atoms with Gasteiger partial charge in [0, 0.05) is 89.7 Å². The number of amides is 4. The fraction of sp³-hybridized carbons (Fsp3) is 0.474. The molecule has 4 heterocycles. The zero-order valence-corrected chi connectivity index (χ0v) is 32.7. The van der Waals surface area contributed by atoms with E-state index in [1.807, 2.05) is 46.2 Å². The smallest absolute Gasteiger partial charge is 0.267 e. The molecule has 4 aliphatic heterocycles.